The lowest BCUT2D eigenvalue weighted by molar-refractivity contribution is 0.102. The van der Waals surface area contributed by atoms with Crippen LogP contribution >= 0.6 is 0 Å². The fourth-order valence-electron chi connectivity index (χ4n) is 3.66. The molecule has 2 aromatic heterocycles. The highest BCUT2D eigenvalue weighted by Gasteiger charge is 2.18. The average molecular weight is 445 g/mol. The van der Waals surface area contributed by atoms with Crippen LogP contribution in [0.3, 0.4) is 0 Å². The molecule has 2 amide bonds. The molecule has 33 heavy (non-hydrogen) atoms. The van der Waals surface area contributed by atoms with Gasteiger partial charge in [0.05, 0.1) is 11.3 Å². The van der Waals surface area contributed by atoms with Gasteiger partial charge in [0, 0.05) is 25.0 Å². The summed E-state index contributed by atoms with van der Waals surface area (Å²) in [5, 5.41) is 12.5. The molecule has 3 heterocycles. The fourth-order valence-corrected chi connectivity index (χ4v) is 3.66. The zero-order chi connectivity index (χ0) is 23.2. The second-order valence-electron chi connectivity index (χ2n) is 8.22. The first-order valence-corrected chi connectivity index (χ1v) is 11.1. The number of rotatable bonds is 5. The third-order valence-corrected chi connectivity index (χ3v) is 5.51. The third-order valence-electron chi connectivity index (χ3n) is 5.51. The van der Waals surface area contributed by atoms with E-state index in [0.29, 0.717) is 17.1 Å². The summed E-state index contributed by atoms with van der Waals surface area (Å²) in [6.07, 6.45) is 4.49. The van der Waals surface area contributed by atoms with Gasteiger partial charge < -0.3 is 21.3 Å². The van der Waals surface area contributed by atoms with E-state index in [2.05, 4.69) is 31.2 Å². The average Bonchev–Trinajstić information content (AvgIpc) is 3.11. The van der Waals surface area contributed by atoms with Crippen LogP contribution in [0.4, 0.5) is 11.5 Å². The maximum absolute atomic E-state index is 12.9. The first kappa shape index (κ1) is 22.6. The number of anilines is 2. The van der Waals surface area contributed by atoms with E-state index in [1.54, 1.807) is 36.7 Å². The van der Waals surface area contributed by atoms with Crippen LogP contribution in [0.2, 0.25) is 0 Å². The van der Waals surface area contributed by atoms with Gasteiger partial charge in [-0.2, -0.15) is 0 Å². The van der Waals surface area contributed by atoms with E-state index in [0.717, 1.165) is 42.7 Å². The van der Waals surface area contributed by atoms with Gasteiger partial charge in [-0.05, 0) is 68.8 Å². The number of pyridine rings is 2. The number of carbonyl (C=O) groups excluding carboxylic acids is 2. The maximum atomic E-state index is 12.9. The number of aromatic nitrogens is 2. The number of benzene rings is 1. The molecule has 1 saturated heterocycles. The summed E-state index contributed by atoms with van der Waals surface area (Å²) < 4.78 is 0. The van der Waals surface area contributed by atoms with Crippen molar-refractivity contribution in [3.63, 3.8) is 0 Å². The molecule has 1 fully saturated rings. The SMILES string of the molecule is Cc1ccc(NC(=O)c2cc(C)ccc2NC(=O)c2ccc(C3CNCCCN3)cn2)nc1. The molecular formula is C25H28N6O2. The minimum absolute atomic E-state index is 0.167. The van der Waals surface area contributed by atoms with Crippen molar-refractivity contribution in [1.82, 2.24) is 20.6 Å². The molecule has 170 valence electrons. The van der Waals surface area contributed by atoms with Crippen LogP contribution in [-0.4, -0.2) is 41.4 Å². The molecule has 1 aromatic carbocycles. The van der Waals surface area contributed by atoms with Crippen LogP contribution < -0.4 is 21.3 Å². The predicted octanol–water partition coefficient (Wildman–Crippen LogP) is 3.22. The Balaban J connectivity index is 1.48. The van der Waals surface area contributed by atoms with Crippen molar-refractivity contribution in [2.45, 2.75) is 26.3 Å². The largest absolute Gasteiger partial charge is 0.320 e. The molecule has 0 saturated carbocycles. The number of nitrogens with one attached hydrogen (secondary N) is 4. The molecule has 0 spiro atoms. The van der Waals surface area contributed by atoms with Crippen molar-refractivity contribution < 1.29 is 9.59 Å². The number of amides is 2. The summed E-state index contributed by atoms with van der Waals surface area (Å²) in [7, 11) is 0. The van der Waals surface area contributed by atoms with Gasteiger partial charge in [-0.25, -0.2) is 4.98 Å². The Morgan fingerprint density at radius 2 is 1.76 bits per heavy atom. The summed E-state index contributed by atoms with van der Waals surface area (Å²) >= 11 is 0. The Morgan fingerprint density at radius 1 is 0.909 bits per heavy atom. The molecule has 1 unspecified atom stereocenters. The second kappa shape index (κ2) is 10.3. The van der Waals surface area contributed by atoms with Gasteiger partial charge in [0.15, 0.2) is 0 Å². The molecule has 4 N–H and O–H groups in total. The van der Waals surface area contributed by atoms with Gasteiger partial charge in [-0.15, -0.1) is 0 Å². The minimum Gasteiger partial charge on any atom is -0.320 e. The molecule has 1 aliphatic rings. The monoisotopic (exact) mass is 444 g/mol. The summed E-state index contributed by atoms with van der Waals surface area (Å²) in [6, 6.07) is 12.7. The van der Waals surface area contributed by atoms with E-state index in [1.165, 1.54) is 0 Å². The molecule has 0 radical (unpaired) electrons. The van der Waals surface area contributed by atoms with Crippen molar-refractivity contribution in [3.05, 3.63) is 82.8 Å². The number of carbonyl (C=O) groups is 2. The molecule has 3 aromatic rings. The molecule has 4 rings (SSSR count). The minimum atomic E-state index is -0.375. The molecule has 1 atom stereocenters. The van der Waals surface area contributed by atoms with Gasteiger partial charge >= 0.3 is 0 Å². The Morgan fingerprint density at radius 3 is 2.52 bits per heavy atom. The molecule has 8 heteroatoms. The number of hydrogen-bond acceptors (Lipinski definition) is 6. The van der Waals surface area contributed by atoms with Crippen LogP contribution in [0.15, 0.2) is 54.9 Å². The molecule has 1 aliphatic heterocycles. The number of hydrogen-bond donors (Lipinski definition) is 4. The Bertz CT molecular complexity index is 1120. The highest BCUT2D eigenvalue weighted by atomic mass is 16.2. The fraction of sp³-hybridized carbons (Fsp3) is 0.280. The van der Waals surface area contributed by atoms with Gasteiger partial charge in [0.2, 0.25) is 0 Å². The number of nitrogens with zero attached hydrogens (tertiary/aromatic N) is 2. The lowest BCUT2D eigenvalue weighted by atomic mass is 10.1. The standard InChI is InChI=1S/C25H28N6O2/c1-16-4-7-20(19(12-16)24(32)31-23-9-5-17(2)13-29-23)30-25(33)21-8-6-18(14-28-21)22-15-26-10-3-11-27-22/h4-9,12-14,22,26-27H,3,10-11,15H2,1-2H3,(H,30,33)(H,29,31,32). The molecule has 0 bridgehead atoms. The van der Waals surface area contributed by atoms with Crippen LogP contribution in [0.1, 0.15) is 50.0 Å². The number of aryl methyl sites for hydroxylation is 2. The van der Waals surface area contributed by atoms with E-state index in [1.807, 2.05) is 32.0 Å². The summed E-state index contributed by atoms with van der Waals surface area (Å²) in [6.45, 7) is 6.57. The Labute approximate surface area is 193 Å². The van der Waals surface area contributed by atoms with Crippen LogP contribution in [-0.2, 0) is 0 Å². The second-order valence-corrected chi connectivity index (χ2v) is 8.22. The lowest BCUT2D eigenvalue weighted by Gasteiger charge is -2.16. The smallest absolute Gasteiger partial charge is 0.274 e. The molecule has 8 nitrogen and oxygen atoms in total. The van der Waals surface area contributed by atoms with Gasteiger partial charge in [0.1, 0.15) is 11.5 Å². The maximum Gasteiger partial charge on any atom is 0.274 e. The van der Waals surface area contributed by atoms with E-state index >= 15 is 0 Å². The van der Waals surface area contributed by atoms with Crippen molar-refractivity contribution in [2.75, 3.05) is 30.3 Å². The summed E-state index contributed by atoms with van der Waals surface area (Å²) in [5.74, 6) is -0.274. The quantitative estimate of drug-likeness (QED) is 0.481. The Kier molecular flexibility index (Phi) is 7.07. The highest BCUT2D eigenvalue weighted by molar-refractivity contribution is 6.12. The summed E-state index contributed by atoms with van der Waals surface area (Å²) in [5.41, 5.74) is 3.99. The van der Waals surface area contributed by atoms with E-state index < -0.39 is 0 Å². The van der Waals surface area contributed by atoms with Crippen LogP contribution in [0.25, 0.3) is 0 Å². The van der Waals surface area contributed by atoms with Gasteiger partial charge in [-0.3, -0.25) is 14.6 Å². The van der Waals surface area contributed by atoms with E-state index in [4.69, 9.17) is 0 Å². The van der Waals surface area contributed by atoms with E-state index in [-0.39, 0.29) is 23.6 Å². The highest BCUT2D eigenvalue weighted by Crippen LogP contribution is 2.20. The van der Waals surface area contributed by atoms with E-state index in [9.17, 15) is 9.59 Å². The topological polar surface area (TPSA) is 108 Å². The zero-order valence-electron chi connectivity index (χ0n) is 18.8. The van der Waals surface area contributed by atoms with Crippen molar-refractivity contribution in [1.29, 1.82) is 0 Å². The van der Waals surface area contributed by atoms with Crippen LogP contribution in [0.5, 0.6) is 0 Å². The Hall–Kier alpha value is -3.62. The van der Waals surface area contributed by atoms with Crippen molar-refractivity contribution in [2.24, 2.45) is 0 Å². The third kappa shape index (κ3) is 5.79. The molecule has 0 aliphatic carbocycles. The predicted molar refractivity (Wildman–Crippen MR) is 129 cm³/mol. The van der Waals surface area contributed by atoms with Gasteiger partial charge in [0.25, 0.3) is 11.8 Å². The molecular weight excluding hydrogens is 416 g/mol. The first-order valence-electron chi connectivity index (χ1n) is 11.1. The normalized spacial score (nSPS) is 16.0. The lowest BCUT2D eigenvalue weighted by Crippen LogP contribution is -2.27. The van der Waals surface area contributed by atoms with Crippen molar-refractivity contribution in [3.8, 4) is 0 Å². The first-order chi connectivity index (χ1) is 16.0. The summed E-state index contributed by atoms with van der Waals surface area (Å²) in [4.78, 5) is 34.3. The zero-order valence-corrected chi connectivity index (χ0v) is 18.8. The van der Waals surface area contributed by atoms with Crippen LogP contribution in [0, 0.1) is 13.8 Å². The van der Waals surface area contributed by atoms with Crippen molar-refractivity contribution >= 4 is 23.3 Å². The van der Waals surface area contributed by atoms with Gasteiger partial charge in [-0.1, -0.05) is 23.8 Å².